The van der Waals surface area contributed by atoms with Gasteiger partial charge in [0.15, 0.2) is 0 Å². The van der Waals surface area contributed by atoms with Gasteiger partial charge in [-0.15, -0.1) is 0 Å². The average molecular weight is 556 g/mol. The molecule has 1 radical (unpaired) electrons. The van der Waals surface area contributed by atoms with Gasteiger partial charge in [-0.05, 0) is 71.9 Å². The third kappa shape index (κ3) is 7.74. The zero-order valence-electron chi connectivity index (χ0n) is 25.2. The van der Waals surface area contributed by atoms with Gasteiger partial charge in [0.2, 0.25) is 0 Å². The predicted molar refractivity (Wildman–Crippen MR) is 164 cm³/mol. The predicted octanol–water partition coefficient (Wildman–Crippen LogP) is 10.3. The second-order valence-electron chi connectivity index (χ2n) is 11.0. The first-order valence-electron chi connectivity index (χ1n) is 13.3. The van der Waals surface area contributed by atoms with Crippen molar-refractivity contribution < 1.29 is 16.8 Å². The molecule has 4 heteroatoms. The Bertz CT molecular complexity index is 1120. The van der Waals surface area contributed by atoms with Crippen molar-refractivity contribution in [1.29, 1.82) is 0 Å². The molecule has 0 N–H and O–H groups in total. The normalized spacial score (nSPS) is 12.3. The molecular weight excluding hydrogens is 509 g/mol. The van der Waals surface area contributed by atoms with E-state index >= 15 is 0 Å². The van der Waals surface area contributed by atoms with E-state index in [0.29, 0.717) is 23.7 Å². The van der Waals surface area contributed by atoms with Gasteiger partial charge in [0, 0.05) is 16.8 Å². The van der Waals surface area contributed by atoms with Crippen LogP contribution in [0.25, 0.3) is 0 Å². The molecule has 1 aromatic heterocycles. The number of aliphatic imine (C=N–C) groups is 2. The molecule has 38 heavy (non-hydrogen) atoms. The third-order valence-corrected chi connectivity index (χ3v) is 6.73. The van der Waals surface area contributed by atoms with E-state index in [0.717, 1.165) is 34.2 Å². The summed E-state index contributed by atoms with van der Waals surface area (Å²) in [4.78, 5) is 15.3. The molecule has 0 saturated heterocycles. The molecule has 0 unspecified atom stereocenters. The molecule has 0 spiro atoms. The summed E-state index contributed by atoms with van der Waals surface area (Å²) >= 11 is 0. The maximum Gasteiger partial charge on any atom is 0.0849 e. The van der Waals surface area contributed by atoms with Crippen LogP contribution in [-0.4, -0.2) is 16.4 Å². The molecule has 0 amide bonds. The van der Waals surface area contributed by atoms with Crippen LogP contribution in [0.15, 0.2) is 64.6 Å². The van der Waals surface area contributed by atoms with Gasteiger partial charge in [-0.2, -0.15) is 0 Å². The molecule has 0 bridgehead atoms. The Morgan fingerprint density at radius 1 is 0.526 bits per heavy atom. The van der Waals surface area contributed by atoms with Crippen LogP contribution in [-0.2, 0) is 16.8 Å². The fourth-order valence-corrected chi connectivity index (χ4v) is 4.57. The standard InChI is InChI=1S/C33H43N3.CH3.Co/c1-20(2)26-14-11-15-27(21(3)4)32(26)34-24(9)30-18-13-19-31(36-30)25(10)35-33-28(22(5)6)16-12-17-29(33)23(7)8;;/h11-23H,1-10H3;1H3;/q;-1;. The van der Waals surface area contributed by atoms with E-state index < -0.39 is 0 Å². The zero-order chi connectivity index (χ0) is 26.6. The minimum Gasteiger partial charge on any atom is -0.358 e. The number of hydrogen-bond donors (Lipinski definition) is 0. The number of pyridine rings is 1. The summed E-state index contributed by atoms with van der Waals surface area (Å²) in [6.45, 7) is 22.0. The van der Waals surface area contributed by atoms with Crippen molar-refractivity contribution >= 4 is 22.8 Å². The Morgan fingerprint density at radius 3 is 1.05 bits per heavy atom. The summed E-state index contributed by atoms with van der Waals surface area (Å²) in [5.41, 5.74) is 10.9. The number of benzene rings is 2. The molecule has 0 fully saturated rings. The SMILES string of the molecule is CC(=Nc1c(C(C)C)cccc1C(C)C)c1cccc(C(C)=Nc2c(C(C)C)cccc2C(C)C)n1.[CH3-].[Co]. The largest absolute Gasteiger partial charge is 0.358 e. The summed E-state index contributed by atoms with van der Waals surface area (Å²) in [6.07, 6.45) is 0. The molecule has 1 heterocycles. The minimum atomic E-state index is 0. The van der Waals surface area contributed by atoms with Crippen molar-refractivity contribution in [3.8, 4) is 0 Å². The Balaban J connectivity index is 0.00000361. The van der Waals surface area contributed by atoms with Crippen LogP contribution in [0, 0.1) is 7.43 Å². The molecule has 0 aliphatic rings. The second-order valence-corrected chi connectivity index (χ2v) is 11.0. The van der Waals surface area contributed by atoms with Crippen molar-refractivity contribution in [3.05, 3.63) is 95.7 Å². The summed E-state index contributed by atoms with van der Waals surface area (Å²) < 4.78 is 0. The Labute approximate surface area is 242 Å². The monoisotopic (exact) mass is 555 g/mol. The van der Waals surface area contributed by atoms with E-state index in [1.54, 1.807) is 0 Å². The van der Waals surface area contributed by atoms with Crippen molar-refractivity contribution in [2.45, 2.75) is 92.9 Å². The minimum absolute atomic E-state index is 0. The maximum atomic E-state index is 5.15. The van der Waals surface area contributed by atoms with Crippen LogP contribution in [0.2, 0.25) is 0 Å². The molecule has 3 rings (SSSR count). The van der Waals surface area contributed by atoms with Crippen LogP contribution < -0.4 is 0 Å². The van der Waals surface area contributed by atoms with Crippen molar-refractivity contribution in [2.75, 3.05) is 0 Å². The van der Waals surface area contributed by atoms with Crippen LogP contribution in [0.3, 0.4) is 0 Å². The second kappa shape index (κ2) is 14.6. The van der Waals surface area contributed by atoms with Gasteiger partial charge in [0.05, 0.1) is 34.2 Å². The molecule has 0 atom stereocenters. The number of nitrogens with zero attached hydrogens (tertiary/aromatic N) is 3. The van der Waals surface area contributed by atoms with Gasteiger partial charge in [0.1, 0.15) is 0 Å². The summed E-state index contributed by atoms with van der Waals surface area (Å²) in [7, 11) is 0. The molecule has 0 aliphatic heterocycles. The van der Waals surface area contributed by atoms with Crippen molar-refractivity contribution in [3.63, 3.8) is 0 Å². The van der Waals surface area contributed by atoms with E-state index in [4.69, 9.17) is 15.0 Å². The Kier molecular flexibility index (Phi) is 12.8. The first-order valence-corrected chi connectivity index (χ1v) is 13.3. The van der Waals surface area contributed by atoms with Gasteiger partial charge in [-0.25, -0.2) is 4.98 Å². The Morgan fingerprint density at radius 2 is 0.789 bits per heavy atom. The molecule has 0 saturated carbocycles. The average Bonchev–Trinajstić information content (AvgIpc) is 2.83. The summed E-state index contributed by atoms with van der Waals surface area (Å²) in [6, 6.07) is 19.2. The summed E-state index contributed by atoms with van der Waals surface area (Å²) in [5, 5.41) is 0. The van der Waals surface area contributed by atoms with Crippen LogP contribution in [0.5, 0.6) is 0 Å². The quantitative estimate of drug-likeness (QED) is 0.201. The zero-order valence-corrected chi connectivity index (χ0v) is 26.2. The molecule has 207 valence electrons. The number of rotatable bonds is 8. The first-order chi connectivity index (χ1) is 17.0. The van der Waals surface area contributed by atoms with E-state index in [2.05, 4.69) is 112 Å². The smallest absolute Gasteiger partial charge is 0.0849 e. The number of para-hydroxylation sites is 2. The van der Waals surface area contributed by atoms with Crippen LogP contribution in [0.1, 0.15) is 127 Å². The van der Waals surface area contributed by atoms with E-state index in [1.807, 2.05) is 12.1 Å². The van der Waals surface area contributed by atoms with Crippen molar-refractivity contribution in [2.24, 2.45) is 9.98 Å². The van der Waals surface area contributed by atoms with Crippen LogP contribution in [0.4, 0.5) is 11.4 Å². The molecule has 0 aliphatic carbocycles. The molecule has 2 aromatic carbocycles. The molecule has 3 aromatic rings. The van der Waals surface area contributed by atoms with Gasteiger partial charge in [-0.1, -0.05) is 97.9 Å². The number of aromatic nitrogens is 1. The van der Waals surface area contributed by atoms with E-state index in [9.17, 15) is 0 Å². The van der Waals surface area contributed by atoms with Gasteiger partial charge < -0.3 is 7.43 Å². The van der Waals surface area contributed by atoms with E-state index in [1.165, 1.54) is 22.3 Å². The van der Waals surface area contributed by atoms with E-state index in [-0.39, 0.29) is 24.2 Å². The fourth-order valence-electron chi connectivity index (χ4n) is 4.57. The third-order valence-electron chi connectivity index (χ3n) is 6.73. The first kappa shape index (κ1) is 33.5. The number of hydrogen-bond acceptors (Lipinski definition) is 3. The molecule has 3 nitrogen and oxygen atoms in total. The van der Waals surface area contributed by atoms with Gasteiger partial charge in [0.25, 0.3) is 0 Å². The molecular formula is C34H46CoN3-. The van der Waals surface area contributed by atoms with Gasteiger partial charge in [-0.3, -0.25) is 9.98 Å². The Hall–Kier alpha value is -2.56. The topological polar surface area (TPSA) is 37.6 Å². The summed E-state index contributed by atoms with van der Waals surface area (Å²) in [5.74, 6) is 1.61. The maximum absolute atomic E-state index is 5.15. The van der Waals surface area contributed by atoms with Gasteiger partial charge >= 0.3 is 0 Å². The fraction of sp³-hybridized carbons (Fsp3) is 0.412. The van der Waals surface area contributed by atoms with Crippen molar-refractivity contribution in [1.82, 2.24) is 4.98 Å². The van der Waals surface area contributed by atoms with Crippen LogP contribution >= 0.6 is 0 Å².